The normalized spacial score (nSPS) is 31.6. The van der Waals surface area contributed by atoms with E-state index in [2.05, 4.69) is 25.2 Å². The Balaban J connectivity index is 1.81. The molecule has 0 amide bonds. The van der Waals surface area contributed by atoms with Crippen molar-refractivity contribution in [2.45, 2.75) is 64.4 Å². The molecule has 21 heavy (non-hydrogen) atoms. The van der Waals surface area contributed by atoms with Crippen molar-refractivity contribution >= 4 is 5.97 Å². The molecule has 0 unspecified atom stereocenters. The lowest BCUT2D eigenvalue weighted by atomic mass is 9.88. The first kappa shape index (κ1) is 16.3. The maximum atomic E-state index is 10.5. The summed E-state index contributed by atoms with van der Waals surface area (Å²) in [6.07, 6.45) is 13.9. The van der Waals surface area contributed by atoms with Gasteiger partial charge in [0.1, 0.15) is 0 Å². The highest BCUT2D eigenvalue weighted by atomic mass is 16.4. The Hall–Kier alpha value is -1.09. The number of carboxylic acid groups (broad SMARTS) is 1. The molecule has 118 valence electrons. The van der Waals surface area contributed by atoms with Gasteiger partial charge in [-0.1, -0.05) is 37.1 Å². The summed E-state index contributed by atoms with van der Waals surface area (Å²) in [7, 11) is 0. The first-order valence-corrected chi connectivity index (χ1v) is 8.38. The molecule has 0 aromatic heterocycles. The third kappa shape index (κ3) is 4.44. The van der Waals surface area contributed by atoms with Crippen molar-refractivity contribution in [1.29, 1.82) is 0 Å². The number of unbranched alkanes of at least 4 members (excludes halogenated alkanes) is 2. The van der Waals surface area contributed by atoms with Gasteiger partial charge in [-0.05, 0) is 50.4 Å². The van der Waals surface area contributed by atoms with Crippen molar-refractivity contribution in [3.05, 3.63) is 23.8 Å². The number of carbonyl (C=O) groups is 1. The maximum absolute atomic E-state index is 10.5. The molecule has 0 aromatic carbocycles. The fourth-order valence-electron chi connectivity index (χ4n) is 3.84. The van der Waals surface area contributed by atoms with Crippen LogP contribution in [-0.4, -0.2) is 22.3 Å². The van der Waals surface area contributed by atoms with E-state index in [4.69, 9.17) is 5.11 Å². The second-order valence-electron chi connectivity index (χ2n) is 6.55. The molecular formula is C18H28O3. The third-order valence-corrected chi connectivity index (χ3v) is 4.90. The number of hydrogen-bond donors (Lipinski definition) is 2. The van der Waals surface area contributed by atoms with E-state index in [9.17, 15) is 9.90 Å². The molecule has 1 fully saturated rings. The van der Waals surface area contributed by atoms with Crippen LogP contribution in [-0.2, 0) is 4.79 Å². The number of rotatable bonds is 8. The van der Waals surface area contributed by atoms with Gasteiger partial charge in [0.05, 0.1) is 6.10 Å². The molecule has 0 aromatic rings. The highest BCUT2D eigenvalue weighted by molar-refractivity contribution is 5.66. The van der Waals surface area contributed by atoms with E-state index in [0.29, 0.717) is 17.8 Å². The molecular weight excluding hydrogens is 264 g/mol. The lowest BCUT2D eigenvalue weighted by Gasteiger charge is -2.18. The molecule has 2 aliphatic carbocycles. The number of aliphatic carboxylic acids is 1. The average molecular weight is 292 g/mol. The standard InChI is InChI=1S/C18H28O3/c1-2-3-4-8-15-16-11-13(7-5-6-9-18(20)21)10-14(16)12-17(15)19/h4,8,10,14-17,19H,2-3,5-7,9,11-12H2,1H3,(H,20,21)/b8-4+/t14-,15+,16-,17+/m0/s1. The van der Waals surface area contributed by atoms with Crippen molar-refractivity contribution < 1.29 is 15.0 Å². The van der Waals surface area contributed by atoms with Crippen LogP contribution >= 0.6 is 0 Å². The van der Waals surface area contributed by atoms with Crippen molar-refractivity contribution in [2.24, 2.45) is 17.8 Å². The summed E-state index contributed by atoms with van der Waals surface area (Å²) >= 11 is 0. The molecule has 4 atom stereocenters. The topological polar surface area (TPSA) is 57.5 Å². The lowest BCUT2D eigenvalue weighted by molar-refractivity contribution is -0.137. The molecule has 3 heteroatoms. The lowest BCUT2D eigenvalue weighted by Crippen LogP contribution is -2.17. The number of aliphatic hydroxyl groups is 1. The van der Waals surface area contributed by atoms with Gasteiger partial charge in [0.15, 0.2) is 0 Å². The van der Waals surface area contributed by atoms with E-state index in [1.165, 1.54) is 5.57 Å². The molecule has 3 nitrogen and oxygen atoms in total. The molecule has 0 aliphatic heterocycles. The Morgan fingerprint density at radius 2 is 2.24 bits per heavy atom. The molecule has 0 spiro atoms. The van der Waals surface area contributed by atoms with E-state index >= 15 is 0 Å². The second kappa shape index (κ2) is 7.79. The smallest absolute Gasteiger partial charge is 0.303 e. The van der Waals surface area contributed by atoms with Crippen LogP contribution in [0.3, 0.4) is 0 Å². The van der Waals surface area contributed by atoms with Gasteiger partial charge in [-0.15, -0.1) is 0 Å². The van der Waals surface area contributed by atoms with Gasteiger partial charge in [-0.2, -0.15) is 0 Å². The largest absolute Gasteiger partial charge is 0.481 e. The van der Waals surface area contributed by atoms with Crippen LogP contribution in [0.25, 0.3) is 0 Å². The minimum Gasteiger partial charge on any atom is -0.481 e. The zero-order valence-corrected chi connectivity index (χ0v) is 13.0. The van der Waals surface area contributed by atoms with E-state index in [0.717, 1.165) is 44.9 Å². The zero-order valence-electron chi connectivity index (χ0n) is 13.0. The number of aliphatic hydroxyl groups excluding tert-OH is 1. The fourth-order valence-corrected chi connectivity index (χ4v) is 3.84. The molecule has 1 saturated carbocycles. The molecule has 0 bridgehead atoms. The van der Waals surface area contributed by atoms with Crippen LogP contribution in [0.5, 0.6) is 0 Å². The van der Waals surface area contributed by atoms with E-state index in [1.807, 2.05) is 0 Å². The summed E-state index contributed by atoms with van der Waals surface area (Å²) < 4.78 is 0. The first-order valence-electron chi connectivity index (χ1n) is 8.38. The minimum atomic E-state index is -0.698. The Morgan fingerprint density at radius 1 is 1.43 bits per heavy atom. The fraction of sp³-hybridized carbons (Fsp3) is 0.722. The van der Waals surface area contributed by atoms with E-state index in [-0.39, 0.29) is 12.5 Å². The van der Waals surface area contributed by atoms with Crippen LogP contribution in [0.1, 0.15) is 58.3 Å². The van der Waals surface area contributed by atoms with Crippen molar-refractivity contribution in [1.82, 2.24) is 0 Å². The van der Waals surface area contributed by atoms with Gasteiger partial charge in [0.2, 0.25) is 0 Å². The van der Waals surface area contributed by atoms with Gasteiger partial charge < -0.3 is 10.2 Å². The van der Waals surface area contributed by atoms with E-state index < -0.39 is 5.97 Å². The molecule has 2 rings (SSSR count). The number of carboxylic acids is 1. The Bertz CT molecular complexity index is 411. The molecule has 2 aliphatic rings. The quantitative estimate of drug-likeness (QED) is 0.526. The van der Waals surface area contributed by atoms with Crippen molar-refractivity contribution in [3.63, 3.8) is 0 Å². The monoisotopic (exact) mass is 292 g/mol. The van der Waals surface area contributed by atoms with Crippen molar-refractivity contribution in [3.8, 4) is 0 Å². The highest BCUT2D eigenvalue weighted by Crippen LogP contribution is 2.48. The molecule has 0 radical (unpaired) electrons. The van der Waals surface area contributed by atoms with Crippen molar-refractivity contribution in [2.75, 3.05) is 0 Å². The van der Waals surface area contributed by atoms with Gasteiger partial charge in [-0.3, -0.25) is 4.79 Å². The first-order chi connectivity index (χ1) is 10.1. The third-order valence-electron chi connectivity index (χ3n) is 4.90. The number of fused-ring (bicyclic) bond motifs is 1. The summed E-state index contributed by atoms with van der Waals surface area (Å²) in [6.45, 7) is 2.17. The Labute approximate surface area is 127 Å². The zero-order chi connectivity index (χ0) is 15.2. The summed E-state index contributed by atoms with van der Waals surface area (Å²) in [5.74, 6) is 0.721. The number of hydrogen-bond acceptors (Lipinski definition) is 2. The summed E-state index contributed by atoms with van der Waals surface area (Å²) in [4.78, 5) is 10.5. The van der Waals surface area contributed by atoms with E-state index in [1.54, 1.807) is 0 Å². The summed E-state index contributed by atoms with van der Waals surface area (Å²) in [5.41, 5.74) is 1.48. The second-order valence-corrected chi connectivity index (χ2v) is 6.55. The maximum Gasteiger partial charge on any atom is 0.303 e. The van der Waals surface area contributed by atoms with Gasteiger partial charge in [0.25, 0.3) is 0 Å². The Kier molecular flexibility index (Phi) is 6.04. The highest BCUT2D eigenvalue weighted by Gasteiger charge is 2.42. The van der Waals surface area contributed by atoms with Crippen LogP contribution in [0.15, 0.2) is 23.8 Å². The van der Waals surface area contributed by atoms with Gasteiger partial charge in [-0.25, -0.2) is 0 Å². The predicted octanol–water partition coefficient (Wildman–Crippen LogP) is 3.93. The SMILES string of the molecule is CCC/C=C/[C@@H]1[C@H]2CC(CCCCC(=O)O)=C[C@H]2C[C@H]1O. The van der Waals surface area contributed by atoms with Crippen LogP contribution in [0.4, 0.5) is 0 Å². The molecule has 2 N–H and O–H groups in total. The van der Waals surface area contributed by atoms with Crippen LogP contribution in [0.2, 0.25) is 0 Å². The molecule has 0 heterocycles. The molecule has 0 saturated heterocycles. The summed E-state index contributed by atoms with van der Waals surface area (Å²) in [5, 5.41) is 18.9. The number of allylic oxidation sites excluding steroid dienone is 3. The minimum absolute atomic E-state index is 0.182. The Morgan fingerprint density at radius 3 is 2.95 bits per heavy atom. The van der Waals surface area contributed by atoms with Crippen LogP contribution in [0, 0.1) is 17.8 Å². The average Bonchev–Trinajstić information content (AvgIpc) is 2.93. The van der Waals surface area contributed by atoms with Crippen LogP contribution < -0.4 is 0 Å². The van der Waals surface area contributed by atoms with Gasteiger partial charge in [0, 0.05) is 12.3 Å². The predicted molar refractivity (Wildman–Crippen MR) is 83.9 cm³/mol. The summed E-state index contributed by atoms with van der Waals surface area (Å²) in [6, 6.07) is 0. The van der Waals surface area contributed by atoms with Gasteiger partial charge >= 0.3 is 5.97 Å².